The third-order valence-corrected chi connectivity index (χ3v) is 2.59. The van der Waals surface area contributed by atoms with E-state index in [0.29, 0.717) is 18.8 Å². The number of Topliss-reactive ketones (excluding diaryl/α,β-unsaturated/α-hetero) is 1. The molecule has 0 aliphatic rings. The van der Waals surface area contributed by atoms with Crippen molar-refractivity contribution in [3.8, 4) is 0 Å². The minimum Gasteiger partial charge on any atom is -0.303 e. The number of carbonyl (C=O) groups is 2. The van der Waals surface area contributed by atoms with E-state index in [1.54, 1.807) is 0 Å². The van der Waals surface area contributed by atoms with Crippen LogP contribution in [0.3, 0.4) is 0 Å². The number of ketones is 1. The quantitative estimate of drug-likeness (QED) is 0.597. The van der Waals surface area contributed by atoms with Gasteiger partial charge in [0.25, 0.3) is 0 Å². The van der Waals surface area contributed by atoms with Crippen molar-refractivity contribution in [2.75, 3.05) is 6.26 Å². The minimum atomic E-state index is -0.120. The van der Waals surface area contributed by atoms with Crippen molar-refractivity contribution in [1.82, 2.24) is 0 Å². The van der Waals surface area contributed by atoms with Crippen molar-refractivity contribution in [1.29, 1.82) is 0 Å². The monoisotopic (exact) mass is 188 g/mol. The molecule has 1 unspecified atom stereocenters. The van der Waals surface area contributed by atoms with Gasteiger partial charge < -0.3 is 4.79 Å². The second-order valence-corrected chi connectivity index (χ2v) is 4.23. The summed E-state index contributed by atoms with van der Waals surface area (Å²) in [5.41, 5.74) is 0. The maximum atomic E-state index is 11.4. The average molecular weight is 188 g/mol. The van der Waals surface area contributed by atoms with Crippen LogP contribution in [0.15, 0.2) is 0 Å². The van der Waals surface area contributed by atoms with Crippen molar-refractivity contribution in [3.05, 3.63) is 0 Å². The number of aldehydes is 1. The van der Waals surface area contributed by atoms with E-state index < -0.39 is 0 Å². The molecule has 0 aromatic heterocycles. The summed E-state index contributed by atoms with van der Waals surface area (Å²) in [6.07, 6.45) is 3.62. The summed E-state index contributed by atoms with van der Waals surface area (Å²) in [6, 6.07) is 0. The van der Waals surface area contributed by atoms with E-state index in [4.69, 9.17) is 0 Å². The number of thioether (sulfide) groups is 1. The van der Waals surface area contributed by atoms with Crippen LogP contribution < -0.4 is 0 Å². The summed E-state index contributed by atoms with van der Waals surface area (Å²) in [6.45, 7) is 4.02. The number of carbonyl (C=O) groups excluding carboxylic acids is 2. The Labute approximate surface area is 78.1 Å². The highest BCUT2D eigenvalue weighted by atomic mass is 32.2. The molecular formula is C9H16O2S. The third-order valence-electron chi connectivity index (χ3n) is 1.56. The van der Waals surface area contributed by atoms with Gasteiger partial charge in [0.05, 0.1) is 5.25 Å². The van der Waals surface area contributed by atoms with E-state index in [9.17, 15) is 9.59 Å². The lowest BCUT2D eigenvalue weighted by Crippen LogP contribution is -2.18. The van der Waals surface area contributed by atoms with Crippen LogP contribution in [0, 0.1) is 5.92 Å². The topological polar surface area (TPSA) is 34.1 Å². The molecular weight excluding hydrogens is 172 g/mol. The van der Waals surface area contributed by atoms with Crippen LogP contribution >= 0.6 is 11.8 Å². The number of hydrogen-bond donors (Lipinski definition) is 0. The molecule has 70 valence electrons. The van der Waals surface area contributed by atoms with Crippen LogP contribution in [0.2, 0.25) is 0 Å². The van der Waals surface area contributed by atoms with Crippen LogP contribution in [0.1, 0.15) is 26.7 Å². The first-order valence-electron chi connectivity index (χ1n) is 4.11. The number of rotatable bonds is 6. The zero-order valence-electron chi connectivity index (χ0n) is 7.87. The van der Waals surface area contributed by atoms with Crippen LogP contribution in [0.25, 0.3) is 0 Å². The van der Waals surface area contributed by atoms with Crippen molar-refractivity contribution in [2.24, 2.45) is 5.92 Å². The Morgan fingerprint density at radius 3 is 2.42 bits per heavy atom. The second-order valence-electron chi connectivity index (χ2n) is 3.19. The minimum absolute atomic E-state index is 0.120. The van der Waals surface area contributed by atoms with Crippen LogP contribution in [-0.2, 0) is 9.59 Å². The molecule has 12 heavy (non-hydrogen) atoms. The first-order valence-corrected chi connectivity index (χ1v) is 5.39. The summed E-state index contributed by atoms with van der Waals surface area (Å²) < 4.78 is 0. The van der Waals surface area contributed by atoms with Gasteiger partial charge in [-0.2, -0.15) is 11.8 Å². The van der Waals surface area contributed by atoms with Gasteiger partial charge in [0.2, 0.25) is 0 Å². The molecule has 1 atom stereocenters. The lowest BCUT2D eigenvalue weighted by atomic mass is 10.0. The fourth-order valence-corrected chi connectivity index (χ4v) is 1.61. The van der Waals surface area contributed by atoms with Gasteiger partial charge in [-0.15, -0.1) is 0 Å². The maximum absolute atomic E-state index is 11.4. The highest BCUT2D eigenvalue weighted by molar-refractivity contribution is 7.99. The first kappa shape index (κ1) is 11.7. The lowest BCUT2D eigenvalue weighted by molar-refractivity contribution is -0.120. The van der Waals surface area contributed by atoms with E-state index in [-0.39, 0.29) is 11.0 Å². The Kier molecular flexibility index (Phi) is 6.07. The molecule has 0 aromatic carbocycles. The van der Waals surface area contributed by atoms with Crippen LogP contribution in [0.5, 0.6) is 0 Å². The molecule has 0 fully saturated rings. The van der Waals surface area contributed by atoms with E-state index in [2.05, 4.69) is 0 Å². The smallest absolute Gasteiger partial charge is 0.146 e. The Morgan fingerprint density at radius 2 is 2.08 bits per heavy atom. The van der Waals surface area contributed by atoms with E-state index in [0.717, 1.165) is 6.29 Å². The Bertz CT molecular complexity index is 155. The number of hydrogen-bond acceptors (Lipinski definition) is 3. The van der Waals surface area contributed by atoms with Crippen molar-refractivity contribution >= 4 is 23.8 Å². The Hall–Kier alpha value is -0.310. The van der Waals surface area contributed by atoms with Gasteiger partial charge in [0, 0.05) is 12.8 Å². The zero-order chi connectivity index (χ0) is 9.56. The van der Waals surface area contributed by atoms with Gasteiger partial charge >= 0.3 is 0 Å². The predicted molar refractivity (Wildman–Crippen MR) is 52.4 cm³/mol. The van der Waals surface area contributed by atoms with Gasteiger partial charge in [-0.25, -0.2) is 0 Å². The maximum Gasteiger partial charge on any atom is 0.146 e. The fraction of sp³-hybridized carbons (Fsp3) is 0.778. The molecule has 0 saturated carbocycles. The van der Waals surface area contributed by atoms with Crippen LogP contribution in [-0.4, -0.2) is 23.6 Å². The van der Waals surface area contributed by atoms with Crippen molar-refractivity contribution < 1.29 is 9.59 Å². The summed E-state index contributed by atoms with van der Waals surface area (Å²) >= 11 is 1.46. The molecule has 0 N–H and O–H groups in total. The van der Waals surface area contributed by atoms with Gasteiger partial charge in [0.1, 0.15) is 12.1 Å². The standard InChI is InChI=1S/C9H16O2S/c1-7(2)6-8(11)9(12-3)4-5-10/h5,7,9H,4,6H2,1-3H3. The molecule has 0 amide bonds. The average Bonchev–Trinajstić information content (AvgIpc) is 1.98. The van der Waals surface area contributed by atoms with E-state index in [1.807, 2.05) is 20.1 Å². The fourth-order valence-electron chi connectivity index (χ4n) is 0.980. The van der Waals surface area contributed by atoms with Gasteiger partial charge in [-0.1, -0.05) is 13.8 Å². The van der Waals surface area contributed by atoms with E-state index in [1.165, 1.54) is 11.8 Å². The normalized spacial score (nSPS) is 13.0. The highest BCUT2D eigenvalue weighted by Gasteiger charge is 2.16. The molecule has 0 aliphatic carbocycles. The Morgan fingerprint density at radius 1 is 1.50 bits per heavy atom. The van der Waals surface area contributed by atoms with Gasteiger partial charge in [-0.3, -0.25) is 4.79 Å². The van der Waals surface area contributed by atoms with Gasteiger partial charge in [-0.05, 0) is 12.2 Å². The Balaban J connectivity index is 3.93. The first-order chi connectivity index (χ1) is 5.61. The zero-order valence-corrected chi connectivity index (χ0v) is 8.69. The summed E-state index contributed by atoms with van der Waals surface area (Å²) in [7, 11) is 0. The summed E-state index contributed by atoms with van der Waals surface area (Å²) in [4.78, 5) is 21.6. The molecule has 0 spiro atoms. The molecule has 0 saturated heterocycles. The molecule has 0 aromatic rings. The predicted octanol–water partition coefficient (Wildman–Crippen LogP) is 1.92. The highest BCUT2D eigenvalue weighted by Crippen LogP contribution is 2.15. The molecule has 0 radical (unpaired) electrons. The third kappa shape index (κ3) is 4.54. The molecule has 2 nitrogen and oxygen atoms in total. The van der Waals surface area contributed by atoms with Crippen LogP contribution in [0.4, 0.5) is 0 Å². The molecule has 0 rings (SSSR count). The van der Waals surface area contributed by atoms with Crippen molar-refractivity contribution in [2.45, 2.75) is 31.9 Å². The molecule has 0 bridgehead atoms. The lowest BCUT2D eigenvalue weighted by Gasteiger charge is -2.10. The van der Waals surface area contributed by atoms with E-state index >= 15 is 0 Å². The summed E-state index contributed by atoms with van der Waals surface area (Å²) in [5.74, 6) is 0.586. The molecule has 0 heterocycles. The second kappa shape index (κ2) is 6.23. The SMILES string of the molecule is CSC(CC=O)C(=O)CC(C)C. The molecule has 3 heteroatoms. The largest absolute Gasteiger partial charge is 0.303 e. The van der Waals surface area contributed by atoms with Crippen molar-refractivity contribution in [3.63, 3.8) is 0 Å². The molecule has 0 aliphatic heterocycles. The van der Waals surface area contributed by atoms with Gasteiger partial charge in [0.15, 0.2) is 0 Å². The summed E-state index contributed by atoms with van der Waals surface area (Å²) in [5, 5.41) is -0.120.